The van der Waals surface area contributed by atoms with Gasteiger partial charge in [0.25, 0.3) is 0 Å². The zero-order valence-corrected chi connectivity index (χ0v) is 12.1. The van der Waals surface area contributed by atoms with E-state index in [0.717, 1.165) is 26.7 Å². The molecule has 3 aromatic rings. The van der Waals surface area contributed by atoms with Crippen LogP contribution < -0.4 is 0 Å². The van der Waals surface area contributed by atoms with Gasteiger partial charge >= 0.3 is 0 Å². The van der Waals surface area contributed by atoms with Gasteiger partial charge in [0.15, 0.2) is 0 Å². The molecule has 0 aliphatic carbocycles. The number of benzene rings is 2. The van der Waals surface area contributed by atoms with Gasteiger partial charge in [-0.1, -0.05) is 59.6 Å². The smallest absolute Gasteiger partial charge is 0.0674 e. The third-order valence-electron chi connectivity index (χ3n) is 3.11. The average molecular weight is 303 g/mol. The predicted molar refractivity (Wildman–Crippen MR) is 83.2 cm³/mol. The number of hydrogen-bond donors (Lipinski definition) is 0. The fourth-order valence-electron chi connectivity index (χ4n) is 2.09. The molecule has 1 heterocycles. The van der Waals surface area contributed by atoms with Crippen molar-refractivity contribution in [2.75, 3.05) is 0 Å². The van der Waals surface area contributed by atoms with Crippen LogP contribution in [-0.2, 0) is 6.54 Å². The van der Waals surface area contributed by atoms with Crippen molar-refractivity contribution in [2.24, 2.45) is 0 Å². The lowest BCUT2D eigenvalue weighted by molar-refractivity contribution is 0.687. The third kappa shape index (κ3) is 2.72. The highest BCUT2D eigenvalue weighted by molar-refractivity contribution is 6.33. The molecule has 0 atom stereocenters. The van der Waals surface area contributed by atoms with Crippen molar-refractivity contribution in [3.05, 3.63) is 76.5 Å². The lowest BCUT2D eigenvalue weighted by Crippen LogP contribution is -2.00. The van der Waals surface area contributed by atoms with Gasteiger partial charge in [-0.2, -0.15) is 5.10 Å². The third-order valence-corrected chi connectivity index (χ3v) is 3.81. The Bertz CT molecular complexity index is 735. The second-order valence-electron chi connectivity index (χ2n) is 4.50. The van der Waals surface area contributed by atoms with E-state index in [0.29, 0.717) is 6.54 Å². The standard InChI is InChI=1S/C16H12Cl2N2/c17-15-7-3-1-5-12(15)10-20-11-13(9-19-20)14-6-2-4-8-16(14)18/h1-9,11H,10H2. The summed E-state index contributed by atoms with van der Waals surface area (Å²) < 4.78 is 1.86. The van der Waals surface area contributed by atoms with E-state index in [4.69, 9.17) is 23.2 Å². The SMILES string of the molecule is Clc1ccccc1Cn1cc(-c2ccccc2Cl)cn1. The Morgan fingerprint density at radius 1 is 0.900 bits per heavy atom. The first kappa shape index (κ1) is 13.2. The molecule has 100 valence electrons. The van der Waals surface area contributed by atoms with Crippen LogP contribution in [0.1, 0.15) is 5.56 Å². The van der Waals surface area contributed by atoms with E-state index >= 15 is 0 Å². The van der Waals surface area contributed by atoms with Crippen molar-refractivity contribution in [1.82, 2.24) is 9.78 Å². The van der Waals surface area contributed by atoms with Crippen LogP contribution in [0.25, 0.3) is 11.1 Å². The van der Waals surface area contributed by atoms with Crippen molar-refractivity contribution >= 4 is 23.2 Å². The molecule has 0 fully saturated rings. The van der Waals surface area contributed by atoms with Crippen molar-refractivity contribution < 1.29 is 0 Å². The minimum atomic E-state index is 0.643. The van der Waals surface area contributed by atoms with Gasteiger partial charge in [0, 0.05) is 27.4 Å². The summed E-state index contributed by atoms with van der Waals surface area (Å²) in [5.41, 5.74) is 3.03. The van der Waals surface area contributed by atoms with E-state index < -0.39 is 0 Å². The summed E-state index contributed by atoms with van der Waals surface area (Å²) in [5, 5.41) is 5.85. The molecule has 0 aliphatic heterocycles. The Hall–Kier alpha value is -1.77. The van der Waals surface area contributed by atoms with Gasteiger partial charge in [-0.15, -0.1) is 0 Å². The van der Waals surface area contributed by atoms with Gasteiger partial charge < -0.3 is 0 Å². The summed E-state index contributed by atoms with van der Waals surface area (Å²) in [7, 11) is 0. The minimum absolute atomic E-state index is 0.643. The number of rotatable bonds is 3. The molecule has 0 amide bonds. The van der Waals surface area contributed by atoms with Crippen LogP contribution in [0.2, 0.25) is 10.0 Å². The predicted octanol–water partition coefficient (Wildman–Crippen LogP) is 4.91. The quantitative estimate of drug-likeness (QED) is 0.672. The van der Waals surface area contributed by atoms with E-state index in [1.54, 1.807) is 0 Å². The molecule has 0 unspecified atom stereocenters. The fraction of sp³-hybridized carbons (Fsp3) is 0.0625. The molecule has 0 saturated heterocycles. The Labute approximate surface area is 127 Å². The fourth-order valence-corrected chi connectivity index (χ4v) is 2.53. The topological polar surface area (TPSA) is 17.8 Å². The largest absolute Gasteiger partial charge is 0.268 e. The van der Waals surface area contributed by atoms with E-state index in [1.165, 1.54) is 0 Å². The summed E-state index contributed by atoms with van der Waals surface area (Å²) in [4.78, 5) is 0. The number of nitrogens with zero attached hydrogens (tertiary/aromatic N) is 2. The van der Waals surface area contributed by atoms with Gasteiger partial charge in [-0.05, 0) is 17.7 Å². The molecule has 1 aromatic heterocycles. The van der Waals surface area contributed by atoms with Crippen molar-refractivity contribution in [3.63, 3.8) is 0 Å². The Balaban J connectivity index is 1.88. The molecule has 2 aromatic carbocycles. The van der Waals surface area contributed by atoms with Gasteiger partial charge in [0.05, 0.1) is 12.7 Å². The molecule has 3 rings (SSSR count). The maximum atomic E-state index is 6.20. The van der Waals surface area contributed by atoms with Crippen LogP contribution in [0.15, 0.2) is 60.9 Å². The van der Waals surface area contributed by atoms with Gasteiger partial charge in [0.2, 0.25) is 0 Å². The number of hydrogen-bond acceptors (Lipinski definition) is 1. The summed E-state index contributed by atoms with van der Waals surface area (Å²) in [6, 6.07) is 15.5. The second kappa shape index (κ2) is 5.70. The molecule has 4 heteroatoms. The van der Waals surface area contributed by atoms with Crippen molar-refractivity contribution in [3.8, 4) is 11.1 Å². The van der Waals surface area contributed by atoms with E-state index in [1.807, 2.05) is 65.6 Å². The van der Waals surface area contributed by atoms with Crippen LogP contribution in [-0.4, -0.2) is 9.78 Å². The molecule has 0 saturated carbocycles. The van der Waals surface area contributed by atoms with Crippen molar-refractivity contribution in [1.29, 1.82) is 0 Å². The molecular weight excluding hydrogens is 291 g/mol. The number of aromatic nitrogens is 2. The van der Waals surface area contributed by atoms with Crippen LogP contribution >= 0.6 is 23.2 Å². The maximum absolute atomic E-state index is 6.20. The molecule has 0 bridgehead atoms. The highest BCUT2D eigenvalue weighted by atomic mass is 35.5. The van der Waals surface area contributed by atoms with Crippen LogP contribution in [0.3, 0.4) is 0 Å². The van der Waals surface area contributed by atoms with Crippen molar-refractivity contribution in [2.45, 2.75) is 6.54 Å². The zero-order chi connectivity index (χ0) is 13.9. The molecular formula is C16H12Cl2N2. The Morgan fingerprint density at radius 3 is 2.35 bits per heavy atom. The highest BCUT2D eigenvalue weighted by Crippen LogP contribution is 2.27. The monoisotopic (exact) mass is 302 g/mol. The Kier molecular flexibility index (Phi) is 3.77. The first-order valence-corrected chi connectivity index (χ1v) is 7.00. The first-order valence-electron chi connectivity index (χ1n) is 6.25. The van der Waals surface area contributed by atoms with Gasteiger partial charge in [-0.3, -0.25) is 4.68 Å². The Morgan fingerprint density at radius 2 is 1.60 bits per heavy atom. The lowest BCUT2D eigenvalue weighted by atomic mass is 10.1. The summed E-state index contributed by atoms with van der Waals surface area (Å²) in [5.74, 6) is 0. The second-order valence-corrected chi connectivity index (χ2v) is 5.31. The van der Waals surface area contributed by atoms with Crippen LogP contribution in [0.4, 0.5) is 0 Å². The highest BCUT2D eigenvalue weighted by Gasteiger charge is 2.06. The van der Waals surface area contributed by atoms with Crippen LogP contribution in [0, 0.1) is 0 Å². The number of halogens is 2. The van der Waals surface area contributed by atoms with Gasteiger partial charge in [-0.25, -0.2) is 0 Å². The molecule has 0 N–H and O–H groups in total. The molecule has 0 spiro atoms. The molecule has 0 radical (unpaired) electrons. The van der Waals surface area contributed by atoms with E-state index in [2.05, 4.69) is 5.10 Å². The maximum Gasteiger partial charge on any atom is 0.0674 e. The zero-order valence-electron chi connectivity index (χ0n) is 10.6. The first-order chi connectivity index (χ1) is 9.74. The molecule has 20 heavy (non-hydrogen) atoms. The molecule has 2 nitrogen and oxygen atoms in total. The normalized spacial score (nSPS) is 10.7. The van der Waals surface area contributed by atoms with E-state index in [9.17, 15) is 0 Å². The van der Waals surface area contributed by atoms with Crippen LogP contribution in [0.5, 0.6) is 0 Å². The summed E-state index contributed by atoms with van der Waals surface area (Å²) >= 11 is 12.4. The summed E-state index contributed by atoms with van der Waals surface area (Å²) in [6.07, 6.45) is 3.79. The average Bonchev–Trinajstić information content (AvgIpc) is 2.90. The van der Waals surface area contributed by atoms with Gasteiger partial charge in [0.1, 0.15) is 0 Å². The lowest BCUT2D eigenvalue weighted by Gasteiger charge is -2.04. The van der Waals surface area contributed by atoms with E-state index in [-0.39, 0.29) is 0 Å². The molecule has 0 aliphatic rings. The minimum Gasteiger partial charge on any atom is -0.268 e. The summed E-state index contributed by atoms with van der Waals surface area (Å²) in [6.45, 7) is 0.643.